The Bertz CT molecular complexity index is 1390. The lowest BCUT2D eigenvalue weighted by molar-refractivity contribution is -0.0117. The molecule has 5 rings (SSSR count). The van der Waals surface area contributed by atoms with E-state index in [0.29, 0.717) is 30.1 Å². The van der Waals surface area contributed by atoms with Crippen LogP contribution in [0.1, 0.15) is 38.8 Å². The fourth-order valence-corrected chi connectivity index (χ4v) is 4.95. The van der Waals surface area contributed by atoms with Gasteiger partial charge in [0.2, 0.25) is 0 Å². The van der Waals surface area contributed by atoms with Crippen LogP contribution in [-0.2, 0) is 22.7 Å². The van der Waals surface area contributed by atoms with Crippen LogP contribution in [0, 0.1) is 5.92 Å². The van der Waals surface area contributed by atoms with Crippen molar-refractivity contribution in [3.8, 4) is 11.5 Å². The van der Waals surface area contributed by atoms with Crippen molar-refractivity contribution in [1.82, 2.24) is 0 Å². The number of methoxy groups -OCH3 is 2. The molecular formula is C32H30O6. The van der Waals surface area contributed by atoms with Gasteiger partial charge >= 0.3 is 0 Å². The van der Waals surface area contributed by atoms with Gasteiger partial charge in [-0.2, -0.15) is 0 Å². The summed E-state index contributed by atoms with van der Waals surface area (Å²) >= 11 is 0. The van der Waals surface area contributed by atoms with E-state index in [2.05, 4.69) is 0 Å². The molecule has 0 aliphatic heterocycles. The Balaban J connectivity index is 1.51. The molecule has 6 nitrogen and oxygen atoms in total. The van der Waals surface area contributed by atoms with E-state index in [1.54, 1.807) is 31.4 Å². The van der Waals surface area contributed by atoms with Crippen molar-refractivity contribution in [3.05, 3.63) is 118 Å². The van der Waals surface area contributed by atoms with Crippen LogP contribution in [0.2, 0.25) is 0 Å². The molecule has 3 unspecified atom stereocenters. The zero-order valence-corrected chi connectivity index (χ0v) is 21.7. The number of carbonyl (C=O) groups excluding carboxylic acids is 2. The topological polar surface area (TPSA) is 71.1 Å². The normalized spacial score (nSPS) is 20.6. The molecule has 0 radical (unpaired) electrons. The van der Waals surface area contributed by atoms with E-state index in [1.165, 1.54) is 7.11 Å². The number of hydrogen-bond acceptors (Lipinski definition) is 6. The Labute approximate surface area is 222 Å². The van der Waals surface area contributed by atoms with Crippen LogP contribution in [0.4, 0.5) is 0 Å². The van der Waals surface area contributed by atoms with E-state index in [9.17, 15) is 9.59 Å². The predicted molar refractivity (Wildman–Crippen MR) is 144 cm³/mol. The fourth-order valence-electron chi connectivity index (χ4n) is 4.95. The van der Waals surface area contributed by atoms with Crippen LogP contribution in [0.25, 0.3) is 0 Å². The maximum Gasteiger partial charge on any atom is 0.198 e. The van der Waals surface area contributed by atoms with E-state index >= 15 is 0 Å². The molecule has 2 aliphatic carbocycles. The molecule has 3 atom stereocenters. The lowest BCUT2D eigenvalue weighted by Crippen LogP contribution is -2.30. The molecule has 0 bridgehead atoms. The van der Waals surface area contributed by atoms with Gasteiger partial charge in [0.15, 0.2) is 23.1 Å². The first-order valence-corrected chi connectivity index (χ1v) is 12.6. The highest BCUT2D eigenvalue weighted by atomic mass is 16.5. The quantitative estimate of drug-likeness (QED) is 0.384. The summed E-state index contributed by atoms with van der Waals surface area (Å²) in [6, 6.07) is 22.9. The Kier molecular flexibility index (Phi) is 7.54. The van der Waals surface area contributed by atoms with Crippen LogP contribution in [0.15, 0.2) is 96.1 Å². The second-order valence-corrected chi connectivity index (χ2v) is 9.43. The minimum Gasteiger partial charge on any atom is -0.492 e. The van der Waals surface area contributed by atoms with Crippen LogP contribution in [-0.4, -0.2) is 38.0 Å². The number of carbonyl (C=O) groups is 2. The van der Waals surface area contributed by atoms with E-state index in [4.69, 9.17) is 18.9 Å². The smallest absolute Gasteiger partial charge is 0.198 e. The molecule has 0 spiro atoms. The molecule has 0 N–H and O–H groups in total. The van der Waals surface area contributed by atoms with E-state index in [0.717, 1.165) is 11.1 Å². The van der Waals surface area contributed by atoms with E-state index in [-0.39, 0.29) is 34.4 Å². The largest absolute Gasteiger partial charge is 0.492 e. The first kappa shape index (κ1) is 25.6. The number of hydrogen-bond donors (Lipinski definition) is 0. The van der Waals surface area contributed by atoms with Gasteiger partial charge < -0.3 is 18.9 Å². The van der Waals surface area contributed by atoms with Gasteiger partial charge in [-0.15, -0.1) is 0 Å². The number of ether oxygens (including phenoxy) is 4. The molecule has 0 saturated heterocycles. The average Bonchev–Trinajstić information content (AvgIpc) is 3.10. The number of ketones is 2. The summed E-state index contributed by atoms with van der Waals surface area (Å²) in [5.41, 5.74) is 3.11. The molecule has 3 aromatic rings. The maximum absolute atomic E-state index is 13.9. The second kappa shape index (κ2) is 11.2. The van der Waals surface area contributed by atoms with Gasteiger partial charge in [-0.25, -0.2) is 0 Å². The van der Waals surface area contributed by atoms with Gasteiger partial charge in [-0.3, -0.25) is 9.59 Å². The third-order valence-electron chi connectivity index (χ3n) is 7.07. The van der Waals surface area contributed by atoms with Crippen molar-refractivity contribution in [2.45, 2.75) is 32.3 Å². The molecule has 0 aromatic heterocycles. The zero-order valence-electron chi connectivity index (χ0n) is 21.7. The number of Topliss-reactive ketones (excluding diaryl/α,β-unsaturated/α-hetero) is 2. The van der Waals surface area contributed by atoms with Gasteiger partial charge in [0.1, 0.15) is 6.61 Å². The van der Waals surface area contributed by atoms with Crippen molar-refractivity contribution in [2.75, 3.05) is 14.2 Å². The second-order valence-electron chi connectivity index (χ2n) is 9.43. The Morgan fingerprint density at radius 3 is 1.95 bits per heavy atom. The molecule has 38 heavy (non-hydrogen) atoms. The minimum absolute atomic E-state index is 0.135. The van der Waals surface area contributed by atoms with Gasteiger partial charge in [0.05, 0.1) is 31.5 Å². The molecule has 0 amide bonds. The first-order chi connectivity index (χ1) is 18.5. The monoisotopic (exact) mass is 510 g/mol. The van der Waals surface area contributed by atoms with Crippen LogP contribution >= 0.6 is 0 Å². The Morgan fingerprint density at radius 1 is 0.711 bits per heavy atom. The van der Waals surface area contributed by atoms with Crippen molar-refractivity contribution in [2.24, 2.45) is 5.92 Å². The molecule has 0 fully saturated rings. The van der Waals surface area contributed by atoms with Crippen molar-refractivity contribution >= 4 is 11.6 Å². The average molecular weight is 511 g/mol. The standard InChI is InChI=1S/C32H30O6/c1-20-27(35-2)16-25-24(17-28(20)38-19-22-12-8-5-9-13-22)30(33)23-14-15-26(32(36-3)29(23)31(25)34)37-18-21-10-6-4-7-11-21/h4-17,20,27-28H,18-19H2,1-3H3. The third-order valence-corrected chi connectivity index (χ3v) is 7.07. The highest BCUT2D eigenvalue weighted by molar-refractivity contribution is 6.32. The van der Waals surface area contributed by atoms with Crippen LogP contribution < -0.4 is 9.47 Å². The predicted octanol–water partition coefficient (Wildman–Crippen LogP) is 5.76. The molecule has 6 heteroatoms. The summed E-state index contributed by atoms with van der Waals surface area (Å²) in [5, 5.41) is 0. The van der Waals surface area contributed by atoms with E-state index in [1.807, 2.05) is 67.6 Å². The fraction of sp³-hybridized carbons (Fsp3) is 0.250. The molecule has 2 aliphatic rings. The molecule has 0 heterocycles. The maximum atomic E-state index is 13.9. The summed E-state index contributed by atoms with van der Waals surface area (Å²) in [5.74, 6) is -0.0370. The summed E-state index contributed by atoms with van der Waals surface area (Å²) in [6.07, 6.45) is 2.65. The number of fused-ring (bicyclic) bond motifs is 2. The molecular weight excluding hydrogens is 480 g/mol. The van der Waals surface area contributed by atoms with Crippen LogP contribution in [0.3, 0.4) is 0 Å². The summed E-state index contributed by atoms with van der Waals surface area (Å²) in [4.78, 5) is 27.7. The Morgan fingerprint density at radius 2 is 1.32 bits per heavy atom. The minimum atomic E-state index is -0.433. The number of allylic oxidation sites excluding steroid dienone is 2. The number of benzene rings is 3. The zero-order chi connectivity index (χ0) is 26.6. The van der Waals surface area contributed by atoms with Gasteiger partial charge in [0, 0.05) is 29.7 Å². The van der Waals surface area contributed by atoms with Gasteiger partial charge in [-0.1, -0.05) is 67.6 Å². The van der Waals surface area contributed by atoms with Crippen molar-refractivity contribution < 1.29 is 28.5 Å². The molecule has 194 valence electrons. The van der Waals surface area contributed by atoms with Gasteiger partial charge in [0.25, 0.3) is 0 Å². The molecule has 0 saturated carbocycles. The molecule has 3 aromatic carbocycles. The Hall–Kier alpha value is -4.00. The number of rotatable bonds is 8. The highest BCUT2D eigenvalue weighted by Gasteiger charge is 2.40. The van der Waals surface area contributed by atoms with Crippen LogP contribution in [0.5, 0.6) is 11.5 Å². The first-order valence-electron chi connectivity index (χ1n) is 12.6. The van der Waals surface area contributed by atoms with Crippen molar-refractivity contribution in [3.63, 3.8) is 0 Å². The van der Waals surface area contributed by atoms with Crippen molar-refractivity contribution in [1.29, 1.82) is 0 Å². The van der Waals surface area contributed by atoms with Gasteiger partial charge in [-0.05, 0) is 35.4 Å². The van der Waals surface area contributed by atoms with E-state index < -0.39 is 12.2 Å². The lowest BCUT2D eigenvalue weighted by Gasteiger charge is -2.25. The summed E-state index contributed by atoms with van der Waals surface area (Å²) < 4.78 is 23.7. The third kappa shape index (κ3) is 4.93. The highest BCUT2D eigenvalue weighted by Crippen LogP contribution is 2.42. The summed E-state index contributed by atoms with van der Waals surface area (Å²) in [7, 11) is 3.07. The summed E-state index contributed by atoms with van der Waals surface area (Å²) in [6.45, 7) is 2.67. The SMILES string of the molecule is COc1c(OCc2ccccc2)ccc2c1C(=O)C1=CC(OC)C(C)C(OCc3ccccc3)C=C1C2=O. The lowest BCUT2D eigenvalue weighted by atomic mass is 9.81.